The van der Waals surface area contributed by atoms with Crippen molar-refractivity contribution in [1.82, 2.24) is 0 Å². The Morgan fingerprint density at radius 1 is 0.792 bits per heavy atom. The maximum absolute atomic E-state index is 11.3. The Hall–Kier alpha value is -3.89. The summed E-state index contributed by atoms with van der Waals surface area (Å²) in [5, 5.41) is 41.8. The van der Waals surface area contributed by atoms with Gasteiger partial charge in [-0.1, -0.05) is 0 Å². The Morgan fingerprint density at radius 3 is 1.75 bits per heavy atom. The summed E-state index contributed by atoms with van der Waals surface area (Å²) in [4.78, 5) is 41.4. The minimum atomic E-state index is -1.53. The van der Waals surface area contributed by atoms with E-state index in [0.717, 1.165) is 30.3 Å². The van der Waals surface area contributed by atoms with E-state index < -0.39 is 43.4 Å². The lowest BCUT2D eigenvalue weighted by Gasteiger charge is -2.07. The summed E-state index contributed by atoms with van der Waals surface area (Å²) in [5.74, 6) is -1.53. The van der Waals surface area contributed by atoms with Crippen LogP contribution in [0.25, 0.3) is 11.1 Å². The van der Waals surface area contributed by atoms with Crippen LogP contribution in [0.2, 0.25) is 0 Å². The van der Waals surface area contributed by atoms with Gasteiger partial charge >= 0.3 is 5.97 Å². The maximum Gasteiger partial charge on any atom is 0.336 e. The summed E-state index contributed by atoms with van der Waals surface area (Å²) in [6.07, 6.45) is 0. The van der Waals surface area contributed by atoms with Gasteiger partial charge in [0.15, 0.2) is 0 Å². The van der Waals surface area contributed by atoms with Gasteiger partial charge in [-0.3, -0.25) is 30.3 Å². The number of nitro groups is 3. The zero-order valence-corrected chi connectivity index (χ0v) is 11.6. The number of hydrogen-bond acceptors (Lipinski definition) is 7. The number of aromatic carboxylic acids is 1. The number of nitrogens with zero attached hydrogens (tertiary/aromatic N) is 3. The summed E-state index contributed by atoms with van der Waals surface area (Å²) in [5.41, 5.74) is -2.60. The molecule has 0 radical (unpaired) electrons. The SMILES string of the molecule is O=C(O)c1cc([N+](=O)[O-])ccc1-c1ccc([N+](=O)[O-])cc1[N+](=O)[O-]. The molecule has 122 valence electrons. The van der Waals surface area contributed by atoms with Crippen molar-refractivity contribution in [3.63, 3.8) is 0 Å². The Morgan fingerprint density at radius 2 is 1.29 bits per heavy atom. The molecule has 0 bridgehead atoms. The topological polar surface area (TPSA) is 167 Å². The predicted octanol–water partition coefficient (Wildman–Crippen LogP) is 2.78. The molecule has 0 aliphatic carbocycles. The number of hydrogen-bond donors (Lipinski definition) is 1. The monoisotopic (exact) mass is 333 g/mol. The molecule has 24 heavy (non-hydrogen) atoms. The number of carboxylic acids is 1. The van der Waals surface area contributed by atoms with E-state index in [4.69, 9.17) is 0 Å². The molecule has 0 aliphatic rings. The van der Waals surface area contributed by atoms with Crippen LogP contribution in [0.4, 0.5) is 17.1 Å². The van der Waals surface area contributed by atoms with Crippen molar-refractivity contribution >= 4 is 23.0 Å². The van der Waals surface area contributed by atoms with E-state index in [9.17, 15) is 40.2 Å². The predicted molar refractivity (Wildman–Crippen MR) is 78.8 cm³/mol. The third-order valence-electron chi connectivity index (χ3n) is 3.12. The Labute approximate surface area is 132 Å². The smallest absolute Gasteiger partial charge is 0.336 e. The Kier molecular flexibility index (Phi) is 4.17. The third kappa shape index (κ3) is 2.99. The summed E-state index contributed by atoms with van der Waals surface area (Å²) < 4.78 is 0. The molecule has 0 saturated heterocycles. The normalized spacial score (nSPS) is 10.2. The molecule has 2 aromatic rings. The molecule has 0 amide bonds. The zero-order valence-electron chi connectivity index (χ0n) is 11.6. The highest BCUT2D eigenvalue weighted by molar-refractivity contribution is 5.98. The van der Waals surface area contributed by atoms with Crippen molar-refractivity contribution < 1.29 is 24.7 Å². The van der Waals surface area contributed by atoms with Gasteiger partial charge in [0, 0.05) is 23.8 Å². The van der Waals surface area contributed by atoms with E-state index >= 15 is 0 Å². The lowest BCUT2D eigenvalue weighted by atomic mass is 9.97. The summed E-state index contributed by atoms with van der Waals surface area (Å²) >= 11 is 0. The highest BCUT2D eigenvalue weighted by Gasteiger charge is 2.25. The fourth-order valence-electron chi connectivity index (χ4n) is 2.07. The zero-order chi connectivity index (χ0) is 18.0. The number of benzene rings is 2. The van der Waals surface area contributed by atoms with Crippen LogP contribution in [0.1, 0.15) is 10.4 Å². The van der Waals surface area contributed by atoms with Crippen LogP contribution < -0.4 is 0 Å². The molecule has 2 rings (SSSR count). The van der Waals surface area contributed by atoms with Crippen LogP contribution in [0.3, 0.4) is 0 Å². The standard InChI is InChI=1S/C13H7N3O8/c17-13(18)11-5-7(14(19)20)1-3-9(11)10-4-2-8(15(21)22)6-12(10)16(23)24/h1-6H,(H,17,18). The van der Waals surface area contributed by atoms with Crippen LogP contribution in [0.15, 0.2) is 36.4 Å². The van der Waals surface area contributed by atoms with Gasteiger partial charge in [0.05, 0.1) is 32.0 Å². The number of nitro benzene ring substituents is 3. The molecule has 2 aromatic carbocycles. The molecule has 0 atom stereocenters. The maximum atomic E-state index is 11.3. The molecule has 0 aromatic heterocycles. The first-order chi connectivity index (χ1) is 11.2. The largest absolute Gasteiger partial charge is 0.478 e. The quantitative estimate of drug-likeness (QED) is 0.643. The van der Waals surface area contributed by atoms with Gasteiger partial charge in [0.2, 0.25) is 0 Å². The van der Waals surface area contributed by atoms with E-state index in [1.54, 1.807) is 0 Å². The molecule has 0 saturated carbocycles. The van der Waals surface area contributed by atoms with E-state index in [2.05, 4.69) is 0 Å². The second-order valence-electron chi connectivity index (χ2n) is 4.51. The molecule has 11 nitrogen and oxygen atoms in total. The van der Waals surface area contributed by atoms with Crippen molar-refractivity contribution in [2.45, 2.75) is 0 Å². The molecule has 0 aliphatic heterocycles. The number of carbonyl (C=O) groups is 1. The van der Waals surface area contributed by atoms with Gasteiger partial charge in [-0.05, 0) is 12.1 Å². The van der Waals surface area contributed by atoms with Crippen molar-refractivity contribution in [2.24, 2.45) is 0 Å². The second kappa shape index (κ2) is 6.08. The highest BCUT2D eigenvalue weighted by atomic mass is 16.6. The van der Waals surface area contributed by atoms with Gasteiger partial charge in [0.25, 0.3) is 17.1 Å². The van der Waals surface area contributed by atoms with Crippen molar-refractivity contribution in [1.29, 1.82) is 0 Å². The fourth-order valence-corrected chi connectivity index (χ4v) is 2.07. The van der Waals surface area contributed by atoms with Crippen LogP contribution in [0, 0.1) is 30.3 Å². The van der Waals surface area contributed by atoms with E-state index in [0.29, 0.717) is 6.07 Å². The molecule has 11 heteroatoms. The minimum Gasteiger partial charge on any atom is -0.478 e. The number of carboxylic acid groups (broad SMARTS) is 1. The molecular formula is C13H7N3O8. The van der Waals surface area contributed by atoms with Gasteiger partial charge < -0.3 is 5.11 Å². The number of rotatable bonds is 5. The molecule has 0 heterocycles. The number of non-ortho nitro benzene ring substituents is 2. The van der Waals surface area contributed by atoms with Gasteiger partial charge in [-0.2, -0.15) is 0 Å². The molecular weight excluding hydrogens is 326 g/mol. The summed E-state index contributed by atoms with van der Waals surface area (Å²) in [7, 11) is 0. The van der Waals surface area contributed by atoms with Crippen molar-refractivity contribution in [3.05, 3.63) is 72.3 Å². The Balaban J connectivity index is 2.76. The van der Waals surface area contributed by atoms with Crippen molar-refractivity contribution in [3.8, 4) is 11.1 Å². The molecule has 0 unspecified atom stereocenters. The summed E-state index contributed by atoms with van der Waals surface area (Å²) in [6.45, 7) is 0. The molecule has 0 fully saturated rings. The van der Waals surface area contributed by atoms with Gasteiger partial charge in [-0.15, -0.1) is 0 Å². The van der Waals surface area contributed by atoms with E-state index in [-0.39, 0.29) is 11.1 Å². The first-order valence-electron chi connectivity index (χ1n) is 6.17. The van der Waals surface area contributed by atoms with Crippen LogP contribution in [-0.2, 0) is 0 Å². The van der Waals surface area contributed by atoms with Gasteiger partial charge in [-0.25, -0.2) is 4.79 Å². The van der Waals surface area contributed by atoms with E-state index in [1.165, 1.54) is 0 Å². The van der Waals surface area contributed by atoms with Crippen LogP contribution >= 0.6 is 0 Å². The Bertz CT molecular complexity index is 819. The second-order valence-corrected chi connectivity index (χ2v) is 4.51. The lowest BCUT2D eigenvalue weighted by Crippen LogP contribution is -2.03. The first kappa shape index (κ1) is 16.5. The third-order valence-corrected chi connectivity index (χ3v) is 3.12. The van der Waals surface area contributed by atoms with Crippen molar-refractivity contribution in [2.75, 3.05) is 0 Å². The average Bonchev–Trinajstić information content (AvgIpc) is 2.53. The first-order valence-corrected chi connectivity index (χ1v) is 6.17. The molecule has 1 N–H and O–H groups in total. The van der Waals surface area contributed by atoms with Crippen LogP contribution in [0.5, 0.6) is 0 Å². The van der Waals surface area contributed by atoms with Crippen LogP contribution in [-0.4, -0.2) is 25.8 Å². The molecule has 0 spiro atoms. The average molecular weight is 333 g/mol. The summed E-state index contributed by atoms with van der Waals surface area (Å²) in [6, 6.07) is 5.52. The fraction of sp³-hybridized carbons (Fsp3) is 0. The van der Waals surface area contributed by atoms with Gasteiger partial charge in [0.1, 0.15) is 0 Å². The highest BCUT2D eigenvalue weighted by Crippen LogP contribution is 2.36. The minimum absolute atomic E-state index is 0.158. The lowest BCUT2D eigenvalue weighted by molar-refractivity contribution is -0.393. The van der Waals surface area contributed by atoms with E-state index in [1.807, 2.05) is 0 Å².